The molecule has 0 bridgehead atoms. The Balaban J connectivity index is 2.17. The number of aromatic hydroxyl groups is 1. The van der Waals surface area contributed by atoms with E-state index in [1.807, 2.05) is 0 Å². The minimum Gasteiger partial charge on any atom is -0.504 e. The van der Waals surface area contributed by atoms with E-state index < -0.39 is 23.8 Å². The largest absolute Gasteiger partial charge is 0.504 e. The van der Waals surface area contributed by atoms with Crippen LogP contribution in [0.2, 0.25) is 0 Å². The number of alkyl halides is 3. The Morgan fingerprint density at radius 1 is 1.28 bits per heavy atom. The van der Waals surface area contributed by atoms with Crippen LogP contribution in [0.1, 0.15) is 19.4 Å². The summed E-state index contributed by atoms with van der Waals surface area (Å²) in [4.78, 5) is 15.3. The molecular weight excluding hydrogens is 339 g/mol. The minimum atomic E-state index is -4.46. The maximum Gasteiger partial charge on any atom is 0.417 e. The molecule has 0 fully saturated rings. The second-order valence-corrected chi connectivity index (χ2v) is 5.12. The lowest BCUT2D eigenvalue weighted by Crippen LogP contribution is -2.26. The van der Waals surface area contributed by atoms with Gasteiger partial charge in [-0.3, -0.25) is 4.98 Å². The van der Waals surface area contributed by atoms with E-state index in [1.165, 1.54) is 31.2 Å². The van der Waals surface area contributed by atoms with Gasteiger partial charge in [-0.25, -0.2) is 4.79 Å². The number of phenolic OH excluding ortho intramolecular Hbond substituents is 1. The quantitative estimate of drug-likeness (QED) is 0.826. The summed E-state index contributed by atoms with van der Waals surface area (Å²) in [5, 5.41) is 10.0. The van der Waals surface area contributed by atoms with Crippen LogP contribution in [0.4, 0.5) is 13.2 Å². The summed E-state index contributed by atoms with van der Waals surface area (Å²) >= 11 is 0. The first kappa shape index (κ1) is 18.6. The molecule has 0 saturated heterocycles. The molecule has 2 aromatic rings. The first-order valence-electron chi connectivity index (χ1n) is 7.42. The standard InChI is InChI=1S/C17H16F3NO4/c1-3-24-16(23)10(2)25-15-7-4-11(8-14(15)22)13-6-5-12(9-21-13)17(18,19)20/h4-10,22H,3H2,1-2H3. The number of ether oxygens (including phenoxy) is 2. The first-order valence-corrected chi connectivity index (χ1v) is 7.42. The molecule has 8 heteroatoms. The molecule has 0 aliphatic heterocycles. The Morgan fingerprint density at radius 2 is 2.00 bits per heavy atom. The highest BCUT2D eigenvalue weighted by molar-refractivity contribution is 5.75. The normalized spacial score (nSPS) is 12.5. The van der Waals surface area contributed by atoms with Crippen LogP contribution in [0.25, 0.3) is 11.3 Å². The molecule has 1 aromatic heterocycles. The van der Waals surface area contributed by atoms with Gasteiger partial charge in [-0.1, -0.05) is 0 Å². The molecule has 0 radical (unpaired) electrons. The van der Waals surface area contributed by atoms with Crippen LogP contribution in [-0.4, -0.2) is 28.8 Å². The van der Waals surface area contributed by atoms with Crippen LogP contribution in [0.3, 0.4) is 0 Å². The van der Waals surface area contributed by atoms with Gasteiger partial charge in [-0.2, -0.15) is 13.2 Å². The molecular formula is C17H16F3NO4. The van der Waals surface area contributed by atoms with Gasteiger partial charge in [-0.15, -0.1) is 0 Å². The van der Waals surface area contributed by atoms with Gasteiger partial charge in [0.2, 0.25) is 0 Å². The highest BCUT2D eigenvalue weighted by atomic mass is 19.4. The average molecular weight is 355 g/mol. The van der Waals surface area contributed by atoms with Gasteiger partial charge in [0, 0.05) is 11.8 Å². The minimum absolute atomic E-state index is 0.0521. The topological polar surface area (TPSA) is 68.7 Å². The zero-order valence-electron chi connectivity index (χ0n) is 13.5. The lowest BCUT2D eigenvalue weighted by atomic mass is 10.1. The van der Waals surface area contributed by atoms with Gasteiger partial charge < -0.3 is 14.6 Å². The zero-order chi connectivity index (χ0) is 18.6. The van der Waals surface area contributed by atoms with Crippen molar-refractivity contribution in [2.45, 2.75) is 26.1 Å². The second kappa shape index (κ2) is 7.42. The van der Waals surface area contributed by atoms with E-state index >= 15 is 0 Å². The van der Waals surface area contributed by atoms with Crippen LogP contribution in [0.15, 0.2) is 36.5 Å². The second-order valence-electron chi connectivity index (χ2n) is 5.12. The van der Waals surface area contributed by atoms with Gasteiger partial charge in [0.25, 0.3) is 0 Å². The van der Waals surface area contributed by atoms with Crippen molar-refractivity contribution in [3.05, 3.63) is 42.1 Å². The summed E-state index contributed by atoms with van der Waals surface area (Å²) in [5.41, 5.74) is -0.195. The first-order chi connectivity index (χ1) is 11.7. The number of hydrogen-bond acceptors (Lipinski definition) is 5. The Hall–Kier alpha value is -2.77. The van der Waals surface area contributed by atoms with Crippen LogP contribution in [0.5, 0.6) is 11.5 Å². The number of hydrogen-bond donors (Lipinski definition) is 1. The predicted molar refractivity (Wildman–Crippen MR) is 83.1 cm³/mol. The van der Waals surface area contributed by atoms with Crippen molar-refractivity contribution in [2.24, 2.45) is 0 Å². The van der Waals surface area contributed by atoms with Gasteiger partial charge in [0.15, 0.2) is 17.6 Å². The molecule has 0 aliphatic carbocycles. The van der Waals surface area contributed by atoms with Crippen LogP contribution >= 0.6 is 0 Å². The molecule has 0 amide bonds. The smallest absolute Gasteiger partial charge is 0.417 e. The monoisotopic (exact) mass is 355 g/mol. The highest BCUT2D eigenvalue weighted by Crippen LogP contribution is 2.33. The van der Waals surface area contributed by atoms with E-state index in [4.69, 9.17) is 9.47 Å². The Morgan fingerprint density at radius 3 is 2.52 bits per heavy atom. The fourth-order valence-electron chi connectivity index (χ4n) is 2.01. The van der Waals surface area contributed by atoms with E-state index in [-0.39, 0.29) is 23.8 Å². The number of rotatable bonds is 5. The van der Waals surface area contributed by atoms with Crippen LogP contribution in [-0.2, 0) is 15.7 Å². The molecule has 2 rings (SSSR count). The van der Waals surface area contributed by atoms with E-state index in [2.05, 4.69) is 4.98 Å². The summed E-state index contributed by atoms with van der Waals surface area (Å²) in [6, 6.07) is 6.33. The van der Waals surface area contributed by atoms with Crippen molar-refractivity contribution in [1.29, 1.82) is 0 Å². The lowest BCUT2D eigenvalue weighted by Gasteiger charge is -2.15. The third-order valence-electron chi connectivity index (χ3n) is 3.27. The number of nitrogens with zero attached hydrogens (tertiary/aromatic N) is 1. The fourth-order valence-corrected chi connectivity index (χ4v) is 2.01. The molecule has 1 atom stereocenters. The summed E-state index contributed by atoms with van der Waals surface area (Å²) < 4.78 is 47.8. The number of phenols is 1. The van der Waals surface area contributed by atoms with E-state index in [1.54, 1.807) is 6.92 Å². The third-order valence-corrected chi connectivity index (χ3v) is 3.27. The number of benzene rings is 1. The highest BCUT2D eigenvalue weighted by Gasteiger charge is 2.30. The summed E-state index contributed by atoms with van der Waals surface area (Å²) in [6.07, 6.45) is -4.66. The van der Waals surface area contributed by atoms with E-state index in [9.17, 15) is 23.1 Å². The lowest BCUT2D eigenvalue weighted by molar-refractivity contribution is -0.150. The summed E-state index contributed by atoms with van der Waals surface area (Å²) in [7, 11) is 0. The van der Waals surface area contributed by atoms with Crippen molar-refractivity contribution in [3.8, 4) is 22.8 Å². The molecule has 5 nitrogen and oxygen atoms in total. The molecule has 1 heterocycles. The number of aromatic nitrogens is 1. The third kappa shape index (κ3) is 4.62. The Kier molecular flexibility index (Phi) is 5.51. The molecule has 1 N–H and O–H groups in total. The molecule has 0 spiro atoms. The molecule has 0 saturated carbocycles. The Bertz CT molecular complexity index is 745. The van der Waals surface area contributed by atoms with Crippen molar-refractivity contribution < 1.29 is 32.5 Å². The van der Waals surface area contributed by atoms with Crippen LogP contribution in [0, 0.1) is 0 Å². The van der Waals surface area contributed by atoms with Gasteiger partial charge in [-0.05, 0) is 44.2 Å². The van der Waals surface area contributed by atoms with Crippen LogP contribution < -0.4 is 4.74 Å². The molecule has 0 aliphatic rings. The van der Waals surface area contributed by atoms with E-state index in [0.29, 0.717) is 5.56 Å². The van der Waals surface area contributed by atoms with Crippen molar-refractivity contribution in [3.63, 3.8) is 0 Å². The SMILES string of the molecule is CCOC(=O)C(C)Oc1ccc(-c2ccc(C(F)(F)F)cn2)cc1O. The fraction of sp³-hybridized carbons (Fsp3) is 0.294. The van der Waals surface area contributed by atoms with Crippen molar-refractivity contribution in [2.75, 3.05) is 6.61 Å². The number of esters is 1. The molecule has 1 unspecified atom stereocenters. The predicted octanol–water partition coefficient (Wildman–Crippen LogP) is 3.80. The van der Waals surface area contributed by atoms with Gasteiger partial charge in [0.05, 0.1) is 17.9 Å². The van der Waals surface area contributed by atoms with Crippen molar-refractivity contribution in [1.82, 2.24) is 4.98 Å². The Labute approximate surface area is 142 Å². The number of carbonyl (C=O) groups excluding carboxylic acids is 1. The zero-order valence-corrected chi connectivity index (χ0v) is 13.5. The summed E-state index contributed by atoms with van der Waals surface area (Å²) in [5.74, 6) is -0.790. The summed E-state index contributed by atoms with van der Waals surface area (Å²) in [6.45, 7) is 3.34. The maximum absolute atomic E-state index is 12.5. The number of pyridine rings is 1. The molecule has 25 heavy (non-hydrogen) atoms. The van der Waals surface area contributed by atoms with Crippen molar-refractivity contribution >= 4 is 5.97 Å². The van der Waals surface area contributed by atoms with Gasteiger partial charge >= 0.3 is 12.1 Å². The molecule has 1 aromatic carbocycles. The molecule has 134 valence electrons. The number of carbonyl (C=O) groups is 1. The van der Waals surface area contributed by atoms with E-state index in [0.717, 1.165) is 12.3 Å². The van der Waals surface area contributed by atoms with Gasteiger partial charge in [0.1, 0.15) is 0 Å². The maximum atomic E-state index is 12.5. The number of halogens is 3. The average Bonchev–Trinajstić information content (AvgIpc) is 2.56.